The van der Waals surface area contributed by atoms with E-state index in [2.05, 4.69) is 18.9 Å². The molecule has 0 aliphatic heterocycles. The molecule has 0 fully saturated rings. The molecular weight excluding hydrogens is 202 g/mol. The highest BCUT2D eigenvalue weighted by atomic mass is 16.3. The third-order valence-electron chi connectivity index (χ3n) is 3.53. The molecule has 1 rings (SSSR count). The SMILES string of the molecule is Cc1nn(C)c(C)c1CC(C)C(CN)CO. The molecule has 0 aromatic carbocycles. The van der Waals surface area contributed by atoms with Crippen molar-refractivity contribution in [2.75, 3.05) is 13.2 Å². The van der Waals surface area contributed by atoms with Crippen LogP contribution in [0.25, 0.3) is 0 Å². The van der Waals surface area contributed by atoms with Gasteiger partial charge in [0.1, 0.15) is 0 Å². The summed E-state index contributed by atoms with van der Waals surface area (Å²) in [4.78, 5) is 0. The van der Waals surface area contributed by atoms with E-state index in [9.17, 15) is 5.11 Å². The van der Waals surface area contributed by atoms with Crippen LogP contribution < -0.4 is 5.73 Å². The summed E-state index contributed by atoms with van der Waals surface area (Å²) in [5.41, 5.74) is 9.22. The van der Waals surface area contributed by atoms with Crippen LogP contribution in [0, 0.1) is 25.7 Å². The van der Waals surface area contributed by atoms with Gasteiger partial charge in [0, 0.05) is 19.3 Å². The average Bonchev–Trinajstić information content (AvgIpc) is 2.47. The monoisotopic (exact) mass is 225 g/mol. The highest BCUT2D eigenvalue weighted by molar-refractivity contribution is 5.24. The zero-order valence-corrected chi connectivity index (χ0v) is 10.7. The molecule has 0 radical (unpaired) electrons. The molecule has 0 saturated carbocycles. The molecule has 4 nitrogen and oxygen atoms in total. The van der Waals surface area contributed by atoms with Gasteiger partial charge in [-0.3, -0.25) is 4.68 Å². The largest absolute Gasteiger partial charge is 0.396 e. The van der Waals surface area contributed by atoms with Crippen LogP contribution in [0.4, 0.5) is 0 Å². The molecule has 3 N–H and O–H groups in total. The van der Waals surface area contributed by atoms with E-state index in [1.807, 2.05) is 18.7 Å². The highest BCUT2D eigenvalue weighted by Gasteiger charge is 2.19. The molecule has 92 valence electrons. The lowest BCUT2D eigenvalue weighted by molar-refractivity contribution is 0.187. The minimum absolute atomic E-state index is 0.163. The van der Waals surface area contributed by atoms with Gasteiger partial charge in [0.15, 0.2) is 0 Å². The van der Waals surface area contributed by atoms with Gasteiger partial charge in [0.05, 0.1) is 5.69 Å². The molecule has 1 aromatic rings. The fraction of sp³-hybridized carbons (Fsp3) is 0.750. The molecule has 4 heteroatoms. The van der Waals surface area contributed by atoms with Crippen molar-refractivity contribution in [1.82, 2.24) is 9.78 Å². The van der Waals surface area contributed by atoms with Gasteiger partial charge < -0.3 is 10.8 Å². The second-order valence-corrected chi connectivity index (χ2v) is 4.63. The number of hydrogen-bond acceptors (Lipinski definition) is 3. The Labute approximate surface area is 97.5 Å². The Balaban J connectivity index is 2.80. The minimum Gasteiger partial charge on any atom is -0.396 e. The molecule has 0 saturated heterocycles. The van der Waals surface area contributed by atoms with Crippen molar-refractivity contribution < 1.29 is 5.11 Å². The summed E-state index contributed by atoms with van der Waals surface area (Å²) < 4.78 is 1.91. The van der Waals surface area contributed by atoms with Crippen LogP contribution in [0.1, 0.15) is 23.9 Å². The molecule has 1 aromatic heterocycles. The van der Waals surface area contributed by atoms with Crippen LogP contribution in [0.3, 0.4) is 0 Å². The van der Waals surface area contributed by atoms with E-state index in [1.54, 1.807) is 0 Å². The lowest BCUT2D eigenvalue weighted by Crippen LogP contribution is -2.26. The van der Waals surface area contributed by atoms with Gasteiger partial charge in [-0.1, -0.05) is 6.92 Å². The van der Waals surface area contributed by atoms with E-state index in [1.165, 1.54) is 11.3 Å². The summed E-state index contributed by atoms with van der Waals surface area (Å²) in [6, 6.07) is 0. The number of rotatable bonds is 5. The van der Waals surface area contributed by atoms with E-state index in [4.69, 9.17) is 5.73 Å². The van der Waals surface area contributed by atoms with Crippen LogP contribution in [0.2, 0.25) is 0 Å². The molecule has 0 aliphatic rings. The first-order valence-electron chi connectivity index (χ1n) is 5.81. The number of hydrogen-bond donors (Lipinski definition) is 2. The molecule has 1 heterocycles. The number of aromatic nitrogens is 2. The minimum atomic E-state index is 0.163. The number of aliphatic hydroxyl groups is 1. The van der Waals surface area contributed by atoms with Crippen molar-refractivity contribution in [2.24, 2.45) is 24.6 Å². The van der Waals surface area contributed by atoms with Gasteiger partial charge in [-0.05, 0) is 44.2 Å². The standard InChI is InChI=1S/C12H23N3O/c1-8(11(6-13)7-16)5-12-9(2)14-15(4)10(12)3/h8,11,16H,5-7,13H2,1-4H3. The lowest BCUT2D eigenvalue weighted by Gasteiger charge is -2.20. The van der Waals surface area contributed by atoms with E-state index in [0.29, 0.717) is 12.5 Å². The van der Waals surface area contributed by atoms with E-state index in [-0.39, 0.29) is 12.5 Å². The van der Waals surface area contributed by atoms with Gasteiger partial charge in [0.25, 0.3) is 0 Å². The summed E-state index contributed by atoms with van der Waals surface area (Å²) in [6.07, 6.45) is 0.938. The second-order valence-electron chi connectivity index (χ2n) is 4.63. The normalized spacial score (nSPS) is 15.1. The molecule has 0 amide bonds. The Hall–Kier alpha value is -0.870. The van der Waals surface area contributed by atoms with Gasteiger partial charge >= 0.3 is 0 Å². The zero-order chi connectivity index (χ0) is 12.3. The molecule has 2 unspecified atom stereocenters. The van der Waals surface area contributed by atoms with Crippen molar-refractivity contribution in [2.45, 2.75) is 27.2 Å². The second kappa shape index (κ2) is 5.46. The maximum absolute atomic E-state index is 9.22. The van der Waals surface area contributed by atoms with Crippen LogP contribution in [-0.4, -0.2) is 28.0 Å². The molecule has 0 spiro atoms. The molecule has 0 bridgehead atoms. The quantitative estimate of drug-likeness (QED) is 0.778. The first-order chi connectivity index (χ1) is 7.51. The van der Waals surface area contributed by atoms with Crippen LogP contribution in [-0.2, 0) is 13.5 Å². The Morgan fingerprint density at radius 3 is 2.44 bits per heavy atom. The lowest BCUT2D eigenvalue weighted by atomic mass is 9.88. The summed E-state index contributed by atoms with van der Waals surface area (Å²) in [5, 5.41) is 13.6. The summed E-state index contributed by atoms with van der Waals surface area (Å²) in [6.45, 7) is 6.95. The molecule has 0 aliphatic carbocycles. The predicted molar refractivity (Wildman–Crippen MR) is 65.2 cm³/mol. The van der Waals surface area contributed by atoms with Crippen molar-refractivity contribution >= 4 is 0 Å². The number of nitrogens with two attached hydrogens (primary N) is 1. The smallest absolute Gasteiger partial charge is 0.0628 e. The first-order valence-corrected chi connectivity index (χ1v) is 5.81. The van der Waals surface area contributed by atoms with Crippen molar-refractivity contribution in [3.8, 4) is 0 Å². The predicted octanol–water partition coefficient (Wildman–Crippen LogP) is 0.783. The van der Waals surface area contributed by atoms with E-state index < -0.39 is 0 Å². The van der Waals surface area contributed by atoms with E-state index >= 15 is 0 Å². The Bertz CT molecular complexity index is 342. The van der Waals surface area contributed by atoms with Gasteiger partial charge in [-0.2, -0.15) is 5.10 Å². The van der Waals surface area contributed by atoms with Crippen molar-refractivity contribution in [1.29, 1.82) is 0 Å². The highest BCUT2D eigenvalue weighted by Crippen LogP contribution is 2.21. The number of nitrogens with zero attached hydrogens (tertiary/aromatic N) is 2. The maximum atomic E-state index is 9.22. The van der Waals surface area contributed by atoms with Gasteiger partial charge in [-0.15, -0.1) is 0 Å². The Kier molecular flexibility index (Phi) is 4.50. The summed E-state index contributed by atoms with van der Waals surface area (Å²) >= 11 is 0. The number of aryl methyl sites for hydroxylation is 2. The van der Waals surface area contributed by atoms with E-state index in [0.717, 1.165) is 12.1 Å². The third-order valence-corrected chi connectivity index (χ3v) is 3.53. The van der Waals surface area contributed by atoms with Crippen molar-refractivity contribution in [3.05, 3.63) is 17.0 Å². The fourth-order valence-electron chi connectivity index (χ4n) is 2.09. The first kappa shape index (κ1) is 13.2. The Morgan fingerprint density at radius 2 is 2.06 bits per heavy atom. The molecule has 2 atom stereocenters. The average molecular weight is 225 g/mol. The topological polar surface area (TPSA) is 64.1 Å². The van der Waals surface area contributed by atoms with Crippen LogP contribution in [0.5, 0.6) is 0 Å². The third kappa shape index (κ3) is 2.62. The van der Waals surface area contributed by atoms with Gasteiger partial charge in [0.2, 0.25) is 0 Å². The zero-order valence-electron chi connectivity index (χ0n) is 10.7. The van der Waals surface area contributed by atoms with Crippen molar-refractivity contribution in [3.63, 3.8) is 0 Å². The molecule has 16 heavy (non-hydrogen) atoms. The van der Waals surface area contributed by atoms with Crippen LogP contribution >= 0.6 is 0 Å². The Morgan fingerprint density at radius 1 is 1.44 bits per heavy atom. The fourth-order valence-corrected chi connectivity index (χ4v) is 2.09. The number of aliphatic hydroxyl groups excluding tert-OH is 1. The van der Waals surface area contributed by atoms with Crippen LogP contribution in [0.15, 0.2) is 0 Å². The van der Waals surface area contributed by atoms with Gasteiger partial charge in [-0.25, -0.2) is 0 Å². The molecular formula is C12H23N3O. The summed E-state index contributed by atoms with van der Waals surface area (Å²) in [5.74, 6) is 0.565. The summed E-state index contributed by atoms with van der Waals surface area (Å²) in [7, 11) is 1.96. The maximum Gasteiger partial charge on any atom is 0.0628 e.